The topological polar surface area (TPSA) is 175 Å². The van der Waals surface area contributed by atoms with Crippen molar-refractivity contribution < 1.29 is 27.5 Å². The summed E-state index contributed by atoms with van der Waals surface area (Å²) in [4.78, 5) is 34.5. The number of anilines is 1. The minimum absolute atomic E-state index is 0.0794. The fourth-order valence-corrected chi connectivity index (χ4v) is 2.81. The third kappa shape index (κ3) is 4.32. The standard InChI is InChI=1S/C13H14N6O6S/c1-24-8-6-9(25-2)17-12(16-8)18-13(21)19-26(22,23)11-7(10(14)20)4-3-5-15-11/h3-6H,1-2H3,(H2,14,20)(H2,16,17,18,19,21). The molecule has 2 heterocycles. The van der Waals surface area contributed by atoms with Gasteiger partial charge in [-0.25, -0.2) is 14.5 Å². The van der Waals surface area contributed by atoms with Crippen LogP contribution in [0.1, 0.15) is 10.4 Å². The van der Waals surface area contributed by atoms with E-state index in [0.717, 1.165) is 12.3 Å². The highest BCUT2D eigenvalue weighted by Gasteiger charge is 2.25. The number of hydrogen-bond acceptors (Lipinski definition) is 9. The Balaban J connectivity index is 2.23. The first kappa shape index (κ1) is 18.9. The first-order valence-electron chi connectivity index (χ1n) is 6.82. The maximum Gasteiger partial charge on any atom is 0.335 e. The van der Waals surface area contributed by atoms with E-state index in [-0.39, 0.29) is 23.3 Å². The lowest BCUT2D eigenvalue weighted by molar-refractivity contribution is 0.0996. The van der Waals surface area contributed by atoms with Crippen LogP contribution in [-0.4, -0.2) is 49.5 Å². The molecule has 0 saturated heterocycles. The zero-order chi connectivity index (χ0) is 19.3. The van der Waals surface area contributed by atoms with Gasteiger partial charge in [-0.15, -0.1) is 0 Å². The van der Waals surface area contributed by atoms with Crippen LogP contribution in [-0.2, 0) is 10.0 Å². The first-order valence-corrected chi connectivity index (χ1v) is 8.31. The number of sulfonamides is 1. The molecule has 0 unspecified atom stereocenters. The number of nitrogens with two attached hydrogens (primary N) is 1. The van der Waals surface area contributed by atoms with Gasteiger partial charge in [0, 0.05) is 6.20 Å². The highest BCUT2D eigenvalue weighted by atomic mass is 32.2. The minimum atomic E-state index is -4.48. The Hall–Kier alpha value is -3.48. The smallest absolute Gasteiger partial charge is 0.335 e. The summed E-state index contributed by atoms with van der Waals surface area (Å²) in [5.41, 5.74) is 4.74. The Morgan fingerprint density at radius 3 is 2.31 bits per heavy atom. The molecule has 0 bridgehead atoms. The van der Waals surface area contributed by atoms with Crippen LogP contribution in [0.5, 0.6) is 11.8 Å². The Labute approximate surface area is 147 Å². The van der Waals surface area contributed by atoms with E-state index in [9.17, 15) is 18.0 Å². The van der Waals surface area contributed by atoms with E-state index >= 15 is 0 Å². The van der Waals surface area contributed by atoms with Crippen LogP contribution in [0.4, 0.5) is 10.7 Å². The van der Waals surface area contributed by atoms with Gasteiger partial charge in [-0.05, 0) is 12.1 Å². The molecule has 0 saturated carbocycles. The Kier molecular flexibility index (Phi) is 5.51. The van der Waals surface area contributed by atoms with Gasteiger partial charge in [0.25, 0.3) is 15.9 Å². The summed E-state index contributed by atoms with van der Waals surface area (Å²) in [5, 5.41) is 1.42. The number of carbonyl (C=O) groups excluding carboxylic acids is 2. The number of carbonyl (C=O) groups is 2. The van der Waals surface area contributed by atoms with Crippen LogP contribution in [0.2, 0.25) is 0 Å². The number of rotatable bonds is 6. The van der Waals surface area contributed by atoms with Gasteiger partial charge in [0.05, 0.1) is 25.8 Å². The van der Waals surface area contributed by atoms with Crippen molar-refractivity contribution in [2.75, 3.05) is 19.5 Å². The van der Waals surface area contributed by atoms with Crippen LogP contribution >= 0.6 is 0 Å². The zero-order valence-corrected chi connectivity index (χ0v) is 14.4. The highest BCUT2D eigenvalue weighted by Crippen LogP contribution is 2.17. The van der Waals surface area contributed by atoms with Crippen molar-refractivity contribution in [3.63, 3.8) is 0 Å². The van der Waals surface area contributed by atoms with Gasteiger partial charge in [-0.3, -0.25) is 10.1 Å². The van der Waals surface area contributed by atoms with Crippen LogP contribution < -0.4 is 25.2 Å². The molecule has 13 heteroatoms. The first-order chi connectivity index (χ1) is 12.3. The Morgan fingerprint density at radius 2 is 1.77 bits per heavy atom. The number of methoxy groups -OCH3 is 2. The molecule has 26 heavy (non-hydrogen) atoms. The van der Waals surface area contributed by atoms with E-state index in [4.69, 9.17) is 15.2 Å². The summed E-state index contributed by atoms with van der Waals surface area (Å²) in [6.45, 7) is 0. The van der Waals surface area contributed by atoms with Crippen molar-refractivity contribution in [1.29, 1.82) is 0 Å². The molecule has 0 atom stereocenters. The fourth-order valence-electron chi connectivity index (χ4n) is 1.76. The number of nitrogens with zero attached hydrogens (tertiary/aromatic N) is 3. The quantitative estimate of drug-likeness (QED) is 0.594. The zero-order valence-electron chi connectivity index (χ0n) is 13.6. The van der Waals surface area contributed by atoms with Crippen LogP contribution in [0.15, 0.2) is 29.4 Å². The van der Waals surface area contributed by atoms with Gasteiger partial charge in [-0.1, -0.05) is 0 Å². The van der Waals surface area contributed by atoms with Crippen molar-refractivity contribution in [1.82, 2.24) is 19.7 Å². The van der Waals surface area contributed by atoms with Crippen LogP contribution in [0.3, 0.4) is 0 Å². The third-order valence-electron chi connectivity index (χ3n) is 2.84. The third-order valence-corrected chi connectivity index (χ3v) is 4.13. The molecule has 0 aliphatic carbocycles. The maximum atomic E-state index is 12.3. The van der Waals surface area contributed by atoms with E-state index < -0.39 is 27.0 Å². The summed E-state index contributed by atoms with van der Waals surface area (Å²) < 4.78 is 36.0. The number of aromatic nitrogens is 3. The molecule has 4 N–H and O–H groups in total. The van der Waals surface area contributed by atoms with Crippen molar-refractivity contribution in [2.45, 2.75) is 5.03 Å². The molecule has 2 rings (SSSR count). The minimum Gasteiger partial charge on any atom is -0.481 e. The fraction of sp³-hybridized carbons (Fsp3) is 0.154. The van der Waals surface area contributed by atoms with Crippen molar-refractivity contribution in [3.05, 3.63) is 30.0 Å². The van der Waals surface area contributed by atoms with Crippen molar-refractivity contribution >= 4 is 27.9 Å². The van der Waals surface area contributed by atoms with Crippen LogP contribution in [0, 0.1) is 0 Å². The van der Waals surface area contributed by atoms with E-state index in [2.05, 4.69) is 20.3 Å². The number of primary amides is 1. The van der Waals surface area contributed by atoms with Gasteiger partial charge in [0.2, 0.25) is 17.7 Å². The molecule has 2 aromatic rings. The summed E-state index contributed by atoms with van der Waals surface area (Å²) in [6, 6.07) is 2.65. The average Bonchev–Trinajstić information content (AvgIpc) is 2.60. The van der Waals surface area contributed by atoms with Gasteiger partial charge < -0.3 is 15.2 Å². The molecular formula is C13H14N6O6S. The molecule has 0 fully saturated rings. The monoisotopic (exact) mass is 382 g/mol. The summed E-state index contributed by atoms with van der Waals surface area (Å²) in [7, 11) is -1.81. The Bertz CT molecular complexity index is 926. The molecule has 138 valence electrons. The molecule has 2 aromatic heterocycles. The number of ether oxygens (including phenoxy) is 2. The van der Waals surface area contributed by atoms with Gasteiger partial charge >= 0.3 is 6.03 Å². The van der Waals surface area contributed by atoms with Crippen molar-refractivity contribution in [3.8, 4) is 11.8 Å². The average molecular weight is 382 g/mol. The SMILES string of the molecule is COc1cc(OC)nc(NC(=O)NS(=O)(=O)c2ncccc2C(N)=O)n1. The second kappa shape index (κ2) is 7.60. The highest BCUT2D eigenvalue weighted by molar-refractivity contribution is 7.90. The molecule has 3 amide bonds. The summed E-state index contributed by atoms with van der Waals surface area (Å²) in [5.74, 6) is -1.13. The van der Waals surface area contributed by atoms with E-state index in [1.807, 2.05) is 0 Å². The summed E-state index contributed by atoms with van der Waals surface area (Å²) in [6.07, 6.45) is 1.13. The Morgan fingerprint density at radius 1 is 1.15 bits per heavy atom. The van der Waals surface area contributed by atoms with E-state index in [1.54, 1.807) is 4.72 Å². The lowest BCUT2D eigenvalue weighted by atomic mass is 10.3. The molecule has 0 aromatic carbocycles. The van der Waals surface area contributed by atoms with E-state index in [1.165, 1.54) is 26.4 Å². The lowest BCUT2D eigenvalue weighted by Gasteiger charge is -2.10. The van der Waals surface area contributed by atoms with Gasteiger partial charge in [-0.2, -0.15) is 18.4 Å². The molecule has 0 radical (unpaired) electrons. The molecule has 0 aliphatic rings. The summed E-state index contributed by atoms with van der Waals surface area (Å²) >= 11 is 0. The molecule has 0 aliphatic heterocycles. The molecular weight excluding hydrogens is 368 g/mol. The number of hydrogen-bond donors (Lipinski definition) is 3. The van der Waals surface area contributed by atoms with Crippen LogP contribution in [0.25, 0.3) is 0 Å². The number of urea groups is 1. The lowest BCUT2D eigenvalue weighted by Crippen LogP contribution is -2.36. The number of pyridine rings is 1. The number of amides is 3. The van der Waals surface area contributed by atoms with Gasteiger partial charge in [0.1, 0.15) is 0 Å². The largest absolute Gasteiger partial charge is 0.481 e. The predicted octanol–water partition coefficient (Wildman–Crippen LogP) is -0.502. The second-order valence-corrected chi connectivity index (χ2v) is 6.15. The molecule has 12 nitrogen and oxygen atoms in total. The van der Waals surface area contributed by atoms with Gasteiger partial charge in [0.15, 0.2) is 5.03 Å². The van der Waals surface area contributed by atoms with Crippen molar-refractivity contribution in [2.24, 2.45) is 5.73 Å². The number of nitrogens with one attached hydrogen (secondary N) is 2. The van der Waals surface area contributed by atoms with E-state index in [0.29, 0.717) is 0 Å². The second-order valence-electron chi connectivity index (χ2n) is 4.56. The molecule has 0 spiro atoms. The normalized spacial score (nSPS) is 10.7. The maximum absolute atomic E-state index is 12.3. The predicted molar refractivity (Wildman–Crippen MR) is 87.2 cm³/mol.